The highest BCUT2D eigenvalue weighted by atomic mass is 32.3. The van der Waals surface area contributed by atoms with Crippen molar-refractivity contribution in [2.24, 2.45) is 0 Å². The molecule has 0 radical (unpaired) electrons. The molecule has 0 saturated carbocycles. The quantitative estimate of drug-likeness (QED) is 0.526. The van der Waals surface area contributed by atoms with Gasteiger partial charge in [0.2, 0.25) is 4.58 Å². The van der Waals surface area contributed by atoms with Crippen molar-refractivity contribution in [1.82, 2.24) is 0 Å². The van der Waals surface area contributed by atoms with E-state index in [2.05, 4.69) is 0 Å². The molecule has 0 heterocycles. The lowest BCUT2D eigenvalue weighted by atomic mass is 10.2. The van der Waals surface area contributed by atoms with E-state index in [-0.39, 0.29) is 6.42 Å². The van der Waals surface area contributed by atoms with Gasteiger partial charge in [0.15, 0.2) is 0 Å². The van der Waals surface area contributed by atoms with Gasteiger partial charge in [0, 0.05) is 0 Å². The Morgan fingerprint density at radius 3 is 1.71 bits per heavy atom. The van der Waals surface area contributed by atoms with Gasteiger partial charge in [0.05, 0.1) is 0 Å². The Morgan fingerprint density at radius 1 is 1.00 bits per heavy atom. The third kappa shape index (κ3) is 4.89. The molecule has 0 bridgehead atoms. The highest BCUT2D eigenvalue weighted by Crippen LogP contribution is 2.15. The first-order chi connectivity index (χ1) is 6.19. The van der Waals surface area contributed by atoms with Crippen molar-refractivity contribution in [3.8, 4) is 0 Å². The van der Waals surface area contributed by atoms with Crippen LogP contribution in [-0.2, 0) is 20.2 Å². The molecule has 0 aromatic heterocycles. The summed E-state index contributed by atoms with van der Waals surface area (Å²) in [6.45, 7) is 1.86. The fraction of sp³-hybridized carbons (Fsp3) is 1.00. The summed E-state index contributed by atoms with van der Waals surface area (Å²) in [6.07, 6.45) is 1.46. The van der Waals surface area contributed by atoms with Crippen LogP contribution < -0.4 is 0 Å². The minimum absolute atomic E-state index is 0.286. The van der Waals surface area contributed by atoms with Crippen LogP contribution in [0.5, 0.6) is 0 Å². The summed E-state index contributed by atoms with van der Waals surface area (Å²) >= 11 is 0. The van der Waals surface area contributed by atoms with Gasteiger partial charge in [-0.05, 0) is 6.42 Å². The largest absolute Gasteiger partial charge is 0.284 e. The summed E-state index contributed by atoms with van der Waals surface area (Å²) in [7, 11) is -9.48. The van der Waals surface area contributed by atoms with Crippen LogP contribution in [-0.4, -0.2) is 30.5 Å². The lowest BCUT2D eigenvalue weighted by Gasteiger charge is -2.09. The van der Waals surface area contributed by atoms with Crippen molar-refractivity contribution >= 4 is 20.2 Å². The Hall–Kier alpha value is -0.180. The predicted molar refractivity (Wildman–Crippen MR) is 51.0 cm³/mol. The molecule has 2 N–H and O–H groups in total. The van der Waals surface area contributed by atoms with Gasteiger partial charge >= 0.3 is 0 Å². The monoisotopic (exact) mass is 246 g/mol. The molecule has 14 heavy (non-hydrogen) atoms. The van der Waals surface area contributed by atoms with Gasteiger partial charge in [0.25, 0.3) is 20.2 Å². The van der Waals surface area contributed by atoms with Crippen LogP contribution in [0.3, 0.4) is 0 Å². The van der Waals surface area contributed by atoms with E-state index in [4.69, 9.17) is 9.11 Å². The number of hydrogen-bond donors (Lipinski definition) is 2. The molecule has 0 aliphatic carbocycles. The topological polar surface area (TPSA) is 109 Å². The molecule has 0 rings (SSSR count). The van der Waals surface area contributed by atoms with E-state index in [1.807, 2.05) is 6.92 Å². The zero-order valence-electron chi connectivity index (χ0n) is 7.75. The van der Waals surface area contributed by atoms with Gasteiger partial charge in [-0.1, -0.05) is 26.2 Å². The molecular formula is C6H14O6S2. The Bertz CT molecular complexity index is 322. The lowest BCUT2D eigenvalue weighted by Crippen LogP contribution is -2.29. The molecule has 0 atom stereocenters. The third-order valence-electron chi connectivity index (χ3n) is 1.71. The molecule has 86 valence electrons. The summed E-state index contributed by atoms with van der Waals surface area (Å²) in [5.41, 5.74) is 0. The highest BCUT2D eigenvalue weighted by molar-refractivity contribution is 8.03. The predicted octanol–water partition coefficient (Wildman–Crippen LogP) is 0.668. The summed E-state index contributed by atoms with van der Waals surface area (Å²) in [6, 6.07) is 0. The van der Waals surface area contributed by atoms with Crippen LogP contribution >= 0.6 is 0 Å². The second-order valence-corrected chi connectivity index (χ2v) is 6.45. The maximum atomic E-state index is 10.6. The molecule has 0 aliphatic heterocycles. The molecule has 0 saturated heterocycles. The maximum Gasteiger partial charge on any atom is 0.284 e. The molecular weight excluding hydrogens is 232 g/mol. The van der Waals surface area contributed by atoms with Gasteiger partial charge in [-0.2, -0.15) is 16.8 Å². The van der Waals surface area contributed by atoms with Gasteiger partial charge < -0.3 is 0 Å². The molecule has 0 fully saturated rings. The zero-order valence-corrected chi connectivity index (χ0v) is 9.38. The summed E-state index contributed by atoms with van der Waals surface area (Å²) in [5.74, 6) is 0. The highest BCUT2D eigenvalue weighted by Gasteiger charge is 2.34. The van der Waals surface area contributed by atoms with Crippen LogP contribution in [0.15, 0.2) is 0 Å². The average molecular weight is 246 g/mol. The second-order valence-electron chi connectivity index (χ2n) is 2.96. The maximum absolute atomic E-state index is 10.6. The molecule has 0 aliphatic rings. The van der Waals surface area contributed by atoms with Crippen molar-refractivity contribution in [2.45, 2.75) is 37.2 Å². The van der Waals surface area contributed by atoms with Crippen molar-refractivity contribution in [2.75, 3.05) is 0 Å². The summed E-state index contributed by atoms with van der Waals surface area (Å²) in [4.78, 5) is 0. The van der Waals surface area contributed by atoms with E-state index < -0.39 is 24.8 Å². The SMILES string of the molecule is CCCCCC(S(=O)(=O)O)S(=O)(=O)O. The molecule has 0 aromatic carbocycles. The number of rotatable bonds is 6. The van der Waals surface area contributed by atoms with Crippen molar-refractivity contribution in [3.05, 3.63) is 0 Å². The van der Waals surface area contributed by atoms with Gasteiger partial charge in [-0.25, -0.2) is 0 Å². The minimum atomic E-state index is -4.74. The zero-order chi connectivity index (χ0) is 11.4. The summed E-state index contributed by atoms with van der Waals surface area (Å²) < 4.78 is 57.3. The third-order valence-corrected chi connectivity index (χ3v) is 4.97. The van der Waals surface area contributed by atoms with Crippen LogP contribution in [0, 0.1) is 0 Å². The second kappa shape index (κ2) is 5.06. The van der Waals surface area contributed by atoms with Gasteiger partial charge in [-0.3, -0.25) is 9.11 Å². The van der Waals surface area contributed by atoms with Crippen molar-refractivity contribution in [3.63, 3.8) is 0 Å². The fourth-order valence-corrected chi connectivity index (χ4v) is 3.17. The Balaban J connectivity index is 4.62. The molecule has 6 nitrogen and oxygen atoms in total. The van der Waals surface area contributed by atoms with E-state index in [1.165, 1.54) is 0 Å². The van der Waals surface area contributed by atoms with Crippen LogP contribution in [0.4, 0.5) is 0 Å². The van der Waals surface area contributed by atoms with Gasteiger partial charge in [-0.15, -0.1) is 0 Å². The fourth-order valence-electron chi connectivity index (χ4n) is 1.01. The molecule has 0 amide bonds. The average Bonchev–Trinajstić information content (AvgIpc) is 1.92. The standard InChI is InChI=1S/C6H14O6S2/c1-2-3-4-5-6(13(7,8)9)14(10,11)12/h6H,2-5H2,1H3,(H,7,8,9)(H,10,11,12). The molecule has 0 unspecified atom stereocenters. The number of unbranched alkanes of at least 4 members (excludes halogenated alkanes) is 2. The van der Waals surface area contributed by atoms with Crippen molar-refractivity contribution in [1.29, 1.82) is 0 Å². The van der Waals surface area contributed by atoms with Gasteiger partial charge in [0.1, 0.15) is 0 Å². The Kier molecular flexibility index (Phi) is 4.99. The van der Waals surface area contributed by atoms with E-state index in [0.29, 0.717) is 12.8 Å². The first-order valence-corrected chi connectivity index (χ1v) is 7.13. The molecule has 0 aromatic rings. The smallest absolute Gasteiger partial charge is 0.284 e. The number of hydrogen-bond acceptors (Lipinski definition) is 4. The van der Waals surface area contributed by atoms with E-state index in [1.54, 1.807) is 0 Å². The molecule has 8 heteroatoms. The Labute approximate surface area is 83.8 Å². The molecule has 0 spiro atoms. The summed E-state index contributed by atoms with van der Waals surface area (Å²) in [5, 5.41) is 0. The van der Waals surface area contributed by atoms with Crippen LogP contribution in [0.25, 0.3) is 0 Å². The normalized spacial score (nSPS) is 13.4. The van der Waals surface area contributed by atoms with E-state index >= 15 is 0 Å². The lowest BCUT2D eigenvalue weighted by molar-refractivity contribution is 0.447. The van der Waals surface area contributed by atoms with Crippen LogP contribution in [0.1, 0.15) is 32.6 Å². The first-order valence-electron chi connectivity index (χ1n) is 4.12. The van der Waals surface area contributed by atoms with E-state index in [0.717, 1.165) is 6.42 Å². The van der Waals surface area contributed by atoms with E-state index in [9.17, 15) is 16.8 Å². The Morgan fingerprint density at radius 2 is 1.43 bits per heavy atom. The minimum Gasteiger partial charge on any atom is -0.284 e. The first kappa shape index (κ1) is 13.8. The van der Waals surface area contributed by atoms with Crippen LogP contribution in [0.2, 0.25) is 0 Å². The van der Waals surface area contributed by atoms with Crippen molar-refractivity contribution < 1.29 is 25.9 Å².